The molecule has 88 valence electrons. The molecule has 0 aromatic heterocycles. The molecule has 0 heterocycles. The van der Waals surface area contributed by atoms with Crippen LogP contribution in [0.4, 0.5) is 4.39 Å². The number of hydrogen-bond acceptors (Lipinski definition) is 1. The molecule has 0 radical (unpaired) electrons. The van der Waals surface area contributed by atoms with Crippen LogP contribution >= 0.6 is 31.9 Å². The lowest BCUT2D eigenvalue weighted by Gasteiger charge is -2.21. The van der Waals surface area contributed by atoms with Gasteiger partial charge >= 0.3 is 0 Å². The SMILES string of the molecule is Fc1ccc(CN(CCBr)C2CC2)c(Br)c1. The average molecular weight is 351 g/mol. The highest BCUT2D eigenvalue weighted by Gasteiger charge is 2.28. The maximum Gasteiger partial charge on any atom is 0.124 e. The highest BCUT2D eigenvalue weighted by atomic mass is 79.9. The van der Waals surface area contributed by atoms with Gasteiger partial charge in [-0.1, -0.05) is 37.9 Å². The zero-order valence-corrected chi connectivity index (χ0v) is 12.1. The Morgan fingerprint density at radius 3 is 2.69 bits per heavy atom. The van der Waals surface area contributed by atoms with Gasteiger partial charge in [0.25, 0.3) is 0 Å². The van der Waals surface area contributed by atoms with Crippen LogP contribution in [0.15, 0.2) is 22.7 Å². The van der Waals surface area contributed by atoms with Gasteiger partial charge in [-0.2, -0.15) is 0 Å². The Bertz CT molecular complexity index is 366. The van der Waals surface area contributed by atoms with Crippen LogP contribution in [0.3, 0.4) is 0 Å². The molecule has 1 nitrogen and oxygen atoms in total. The third kappa shape index (κ3) is 3.28. The highest BCUT2D eigenvalue weighted by molar-refractivity contribution is 9.10. The first-order valence-electron chi connectivity index (χ1n) is 5.44. The minimum Gasteiger partial charge on any atom is -0.295 e. The van der Waals surface area contributed by atoms with Crippen LogP contribution in [0.2, 0.25) is 0 Å². The summed E-state index contributed by atoms with van der Waals surface area (Å²) in [6.45, 7) is 1.95. The molecule has 1 aliphatic carbocycles. The first-order valence-corrected chi connectivity index (χ1v) is 7.36. The van der Waals surface area contributed by atoms with Gasteiger partial charge in [0.2, 0.25) is 0 Å². The Balaban J connectivity index is 2.05. The van der Waals surface area contributed by atoms with E-state index in [0.717, 1.165) is 34.5 Å². The van der Waals surface area contributed by atoms with E-state index >= 15 is 0 Å². The predicted octanol–water partition coefficient (Wildman–Crippen LogP) is 3.95. The minimum atomic E-state index is -0.186. The number of nitrogens with zero attached hydrogens (tertiary/aromatic N) is 1. The van der Waals surface area contributed by atoms with Crippen LogP contribution in [-0.4, -0.2) is 22.8 Å². The summed E-state index contributed by atoms with van der Waals surface area (Å²) in [7, 11) is 0. The summed E-state index contributed by atoms with van der Waals surface area (Å²) in [6.07, 6.45) is 2.59. The fourth-order valence-electron chi connectivity index (χ4n) is 1.81. The van der Waals surface area contributed by atoms with E-state index in [-0.39, 0.29) is 5.82 Å². The van der Waals surface area contributed by atoms with E-state index in [1.54, 1.807) is 0 Å². The zero-order valence-electron chi connectivity index (χ0n) is 8.93. The van der Waals surface area contributed by atoms with Gasteiger partial charge in [0, 0.05) is 28.9 Å². The zero-order chi connectivity index (χ0) is 11.5. The summed E-state index contributed by atoms with van der Waals surface area (Å²) < 4.78 is 13.8. The Morgan fingerprint density at radius 1 is 1.38 bits per heavy atom. The van der Waals surface area contributed by atoms with Crippen LogP contribution in [0, 0.1) is 5.82 Å². The van der Waals surface area contributed by atoms with Crippen molar-refractivity contribution in [2.24, 2.45) is 0 Å². The molecule has 16 heavy (non-hydrogen) atoms. The number of rotatable bonds is 5. The minimum absolute atomic E-state index is 0.186. The number of alkyl halides is 1. The third-order valence-electron chi connectivity index (χ3n) is 2.82. The fraction of sp³-hybridized carbons (Fsp3) is 0.500. The molecule has 1 aliphatic rings. The molecule has 0 aliphatic heterocycles. The highest BCUT2D eigenvalue weighted by Crippen LogP contribution is 2.29. The number of halogens is 3. The van der Waals surface area contributed by atoms with Crippen molar-refractivity contribution in [3.8, 4) is 0 Å². The van der Waals surface area contributed by atoms with E-state index in [0.29, 0.717) is 0 Å². The molecule has 1 fully saturated rings. The molecule has 0 unspecified atom stereocenters. The summed E-state index contributed by atoms with van der Waals surface area (Å²) in [5, 5.41) is 0.988. The molecule has 0 spiro atoms. The molecule has 0 bridgehead atoms. The van der Waals surface area contributed by atoms with Crippen molar-refractivity contribution in [1.29, 1.82) is 0 Å². The molecule has 0 saturated heterocycles. The summed E-state index contributed by atoms with van der Waals surface area (Å²) >= 11 is 6.89. The van der Waals surface area contributed by atoms with Crippen LogP contribution in [0.5, 0.6) is 0 Å². The van der Waals surface area contributed by atoms with Crippen LogP contribution in [0.25, 0.3) is 0 Å². The van der Waals surface area contributed by atoms with Gasteiger partial charge in [-0.25, -0.2) is 4.39 Å². The maximum atomic E-state index is 13.0. The van der Waals surface area contributed by atoms with E-state index in [4.69, 9.17) is 0 Å². The summed E-state index contributed by atoms with van der Waals surface area (Å²) in [6, 6.07) is 5.66. The largest absolute Gasteiger partial charge is 0.295 e. The van der Waals surface area contributed by atoms with Crippen LogP contribution < -0.4 is 0 Å². The Morgan fingerprint density at radius 2 is 2.12 bits per heavy atom. The third-order valence-corrected chi connectivity index (χ3v) is 3.92. The Hall–Kier alpha value is 0.0700. The summed E-state index contributed by atoms with van der Waals surface area (Å²) in [5.74, 6) is -0.186. The standard InChI is InChI=1S/C12H14Br2FN/c13-5-6-16(11-3-4-11)8-9-1-2-10(15)7-12(9)14/h1-2,7,11H,3-6,8H2. The smallest absolute Gasteiger partial charge is 0.124 e. The van der Waals surface area contributed by atoms with Crippen molar-refractivity contribution in [2.75, 3.05) is 11.9 Å². The first kappa shape index (κ1) is 12.5. The molecular weight excluding hydrogens is 337 g/mol. The maximum absolute atomic E-state index is 13.0. The second-order valence-corrected chi connectivity index (χ2v) is 5.77. The topological polar surface area (TPSA) is 3.24 Å². The van der Waals surface area contributed by atoms with E-state index in [2.05, 4.69) is 36.8 Å². The van der Waals surface area contributed by atoms with Crippen molar-refractivity contribution in [1.82, 2.24) is 4.90 Å². The van der Waals surface area contributed by atoms with Crippen molar-refractivity contribution in [3.05, 3.63) is 34.1 Å². The lowest BCUT2D eigenvalue weighted by atomic mass is 10.2. The quantitative estimate of drug-likeness (QED) is 0.727. The van der Waals surface area contributed by atoms with Crippen LogP contribution in [-0.2, 0) is 6.54 Å². The van der Waals surface area contributed by atoms with Gasteiger partial charge in [0.1, 0.15) is 5.82 Å². The molecule has 1 aromatic carbocycles. The second-order valence-electron chi connectivity index (χ2n) is 4.13. The van der Waals surface area contributed by atoms with E-state index in [9.17, 15) is 4.39 Å². The molecule has 2 rings (SSSR count). The average Bonchev–Trinajstić information content (AvgIpc) is 3.04. The van der Waals surface area contributed by atoms with Crippen LogP contribution in [0.1, 0.15) is 18.4 Å². The predicted molar refractivity (Wildman–Crippen MR) is 71.3 cm³/mol. The van der Waals surface area contributed by atoms with Crippen molar-refractivity contribution < 1.29 is 4.39 Å². The molecule has 0 N–H and O–H groups in total. The molecular formula is C12H14Br2FN. The van der Waals surface area contributed by atoms with Crippen molar-refractivity contribution >= 4 is 31.9 Å². The van der Waals surface area contributed by atoms with Crippen molar-refractivity contribution in [3.63, 3.8) is 0 Å². The van der Waals surface area contributed by atoms with Gasteiger partial charge in [-0.3, -0.25) is 4.90 Å². The second kappa shape index (κ2) is 5.61. The lowest BCUT2D eigenvalue weighted by molar-refractivity contribution is 0.272. The lowest BCUT2D eigenvalue weighted by Crippen LogP contribution is -2.27. The van der Waals surface area contributed by atoms with E-state index < -0.39 is 0 Å². The normalized spacial score (nSPS) is 15.8. The van der Waals surface area contributed by atoms with E-state index in [1.807, 2.05) is 6.07 Å². The molecule has 0 amide bonds. The van der Waals surface area contributed by atoms with Gasteiger partial charge < -0.3 is 0 Å². The van der Waals surface area contributed by atoms with Gasteiger partial charge in [-0.05, 0) is 30.5 Å². The van der Waals surface area contributed by atoms with Gasteiger partial charge in [0.05, 0.1) is 0 Å². The Kier molecular flexibility index (Phi) is 4.39. The fourth-order valence-corrected chi connectivity index (χ4v) is 2.74. The van der Waals surface area contributed by atoms with Crippen molar-refractivity contribution in [2.45, 2.75) is 25.4 Å². The summed E-state index contributed by atoms with van der Waals surface area (Å²) in [4.78, 5) is 2.45. The van der Waals surface area contributed by atoms with E-state index in [1.165, 1.54) is 25.0 Å². The monoisotopic (exact) mass is 349 g/mol. The molecule has 0 atom stereocenters. The summed E-state index contributed by atoms with van der Waals surface area (Å²) in [5.41, 5.74) is 1.16. The number of benzene rings is 1. The van der Waals surface area contributed by atoms with Gasteiger partial charge in [0.15, 0.2) is 0 Å². The first-order chi connectivity index (χ1) is 7.70. The molecule has 4 heteroatoms. The molecule has 1 saturated carbocycles. The Labute approximate surface area is 112 Å². The number of hydrogen-bond donors (Lipinski definition) is 0. The van der Waals surface area contributed by atoms with Gasteiger partial charge in [-0.15, -0.1) is 0 Å². The molecule has 1 aromatic rings.